The summed E-state index contributed by atoms with van der Waals surface area (Å²) in [5.74, 6) is -2.13. The van der Waals surface area contributed by atoms with Crippen molar-refractivity contribution in [2.75, 3.05) is 6.61 Å². The molecule has 2 heterocycles. The molecule has 1 aromatic heterocycles. The van der Waals surface area contributed by atoms with E-state index in [1.807, 2.05) is 4.98 Å². The van der Waals surface area contributed by atoms with Crippen LogP contribution in [-0.4, -0.2) is 46.4 Å². The molecule has 22 nitrogen and oxygen atoms in total. The summed E-state index contributed by atoms with van der Waals surface area (Å²) in [5.41, 5.74) is -0.575. The molecule has 1 aliphatic heterocycles. The molecule has 0 radical (unpaired) electrons. The van der Waals surface area contributed by atoms with Gasteiger partial charge in [-0.15, -0.1) is 0 Å². The first-order valence-corrected chi connectivity index (χ1v) is 22.2. The number of phosphoric acid groups is 4. The molecule has 0 aliphatic carbocycles. The Kier molecular flexibility index (Phi) is 14.2. The van der Waals surface area contributed by atoms with Crippen LogP contribution in [0, 0.1) is 13.8 Å². The zero-order valence-corrected chi connectivity index (χ0v) is 33.4. The van der Waals surface area contributed by atoms with Gasteiger partial charge >= 0.3 is 17.6 Å². The summed E-state index contributed by atoms with van der Waals surface area (Å²) in [7, 11) is -25.2. The molecule has 1 saturated heterocycles. The fraction of sp³-hybridized carbons (Fsp3) is 0.250. The van der Waals surface area contributed by atoms with Crippen molar-refractivity contribution in [3.05, 3.63) is 140 Å². The first kappa shape index (κ1) is 44.9. The molecular weight excluding hydrogens is 856 g/mol. The molecule has 312 valence electrons. The van der Waals surface area contributed by atoms with E-state index in [0.29, 0.717) is 15.7 Å². The lowest BCUT2D eigenvalue weighted by Crippen LogP contribution is -2.43. The molecule has 4 aromatic rings. The number of hydrogen-bond acceptors (Lipinski definition) is 20. The van der Waals surface area contributed by atoms with E-state index in [4.69, 9.17) is 14.2 Å². The highest BCUT2D eigenvalue weighted by Crippen LogP contribution is 2.67. The third-order valence-corrected chi connectivity index (χ3v) is 13.3. The van der Waals surface area contributed by atoms with Crippen molar-refractivity contribution in [1.29, 1.82) is 0 Å². The van der Waals surface area contributed by atoms with E-state index >= 15 is 0 Å². The van der Waals surface area contributed by atoms with Crippen LogP contribution in [0.25, 0.3) is 0 Å². The number of hydrogen-bond donors (Lipinski definition) is 1. The number of aryl methyl sites for hydroxylation is 2. The Labute approximate surface area is 327 Å². The molecule has 8 atom stereocenters. The Hall–Kier alpha value is -4.20. The molecule has 1 aliphatic rings. The van der Waals surface area contributed by atoms with Gasteiger partial charge in [-0.25, -0.2) is 27.3 Å². The highest BCUT2D eigenvalue weighted by atomic mass is 31.3. The molecule has 58 heavy (non-hydrogen) atoms. The number of aromatic amines is 1. The largest absolute Gasteiger partial charge is 0.756 e. The molecule has 0 saturated carbocycles. The Morgan fingerprint density at radius 1 is 0.690 bits per heavy atom. The van der Waals surface area contributed by atoms with Gasteiger partial charge in [0.05, 0.1) is 24.3 Å². The average molecular weight is 886 g/mol. The zero-order chi connectivity index (χ0) is 42.5. The standard InChI is InChI=1S/C32H34N2O20P4/c1-20-8-6-12-23(16-20)30(36)50-27-25(49-29(34-15-14-26(35)33-32(34)38)28(27)51-31(37)24-13-7-9-21(2)17-24)19-48-56(41,42)53-58(45,46)54-57(43,44)52-55(39,40)47-18-22-10-4-3-5-11-22/h3-17,25,27-29H,18-19H2,1-2H3,(H,39,40)(H,41,42)(H,43,44)(H,45,46)(H,33,35,38)/p-4/t25-,27?,28+,29-/m1/s1. The number of nitrogens with one attached hydrogen (secondary N) is 1. The Morgan fingerprint density at radius 3 is 1.74 bits per heavy atom. The first-order valence-electron chi connectivity index (χ1n) is 16.3. The Morgan fingerprint density at radius 2 is 1.21 bits per heavy atom. The number of carbonyl (C=O) groups excluding carboxylic acids is 2. The number of rotatable bonds is 17. The Bertz CT molecular complexity index is 2460. The molecular formula is C32H30N2O20P4-4. The minimum atomic E-state index is -6.62. The van der Waals surface area contributed by atoms with Crippen LogP contribution in [0.15, 0.2) is 101 Å². The lowest BCUT2D eigenvalue weighted by Gasteiger charge is -2.36. The summed E-state index contributed by atoms with van der Waals surface area (Å²) in [6, 6.07) is 20.1. The van der Waals surface area contributed by atoms with Gasteiger partial charge in [0.2, 0.25) is 0 Å². The second-order valence-electron chi connectivity index (χ2n) is 12.1. The van der Waals surface area contributed by atoms with Gasteiger partial charge in [-0.1, -0.05) is 65.7 Å². The highest BCUT2D eigenvalue weighted by molar-refractivity contribution is 7.68. The van der Waals surface area contributed by atoms with Gasteiger partial charge in [0.25, 0.3) is 36.9 Å². The number of aromatic nitrogens is 2. The van der Waals surface area contributed by atoms with Crippen molar-refractivity contribution in [1.82, 2.24) is 9.55 Å². The maximum absolute atomic E-state index is 13.4. The summed E-state index contributed by atoms with van der Waals surface area (Å²) >= 11 is 0. The lowest BCUT2D eigenvalue weighted by molar-refractivity contribution is -0.255. The summed E-state index contributed by atoms with van der Waals surface area (Å²) in [6.07, 6.45) is -6.45. The van der Waals surface area contributed by atoms with Gasteiger partial charge in [0.1, 0.15) is 6.10 Å². The molecule has 26 heteroatoms. The smallest absolute Gasteiger partial charge is 0.338 e. The first-order chi connectivity index (χ1) is 27.1. The van der Waals surface area contributed by atoms with Gasteiger partial charge in [-0.05, 0) is 43.7 Å². The quantitative estimate of drug-likeness (QED) is 0.116. The van der Waals surface area contributed by atoms with Crippen LogP contribution in [-0.2, 0) is 61.1 Å². The van der Waals surface area contributed by atoms with Crippen LogP contribution in [0.3, 0.4) is 0 Å². The number of benzene rings is 3. The molecule has 1 fully saturated rings. The van der Waals surface area contributed by atoms with Crippen molar-refractivity contribution >= 4 is 43.2 Å². The fourth-order valence-corrected chi connectivity index (χ4v) is 9.95. The third kappa shape index (κ3) is 12.6. The van der Waals surface area contributed by atoms with Gasteiger partial charge in [0, 0.05) is 12.3 Å². The van der Waals surface area contributed by atoms with E-state index in [9.17, 15) is 57.0 Å². The minimum Gasteiger partial charge on any atom is -0.756 e. The minimum absolute atomic E-state index is 0.0181. The van der Waals surface area contributed by atoms with Crippen molar-refractivity contribution < 1.29 is 83.6 Å². The van der Waals surface area contributed by atoms with Crippen LogP contribution in [0.2, 0.25) is 0 Å². The summed E-state index contributed by atoms with van der Waals surface area (Å²) in [6.45, 7) is 1.22. The topological polar surface area (TPSA) is 323 Å². The number of carbonyl (C=O) groups is 2. The predicted octanol–water partition coefficient (Wildman–Crippen LogP) is 1.66. The predicted molar refractivity (Wildman–Crippen MR) is 187 cm³/mol. The van der Waals surface area contributed by atoms with Gasteiger partial charge in [-0.2, -0.15) is 0 Å². The van der Waals surface area contributed by atoms with Crippen LogP contribution < -0.4 is 30.8 Å². The molecule has 0 bridgehead atoms. The van der Waals surface area contributed by atoms with Crippen molar-refractivity contribution in [3.63, 3.8) is 0 Å². The monoisotopic (exact) mass is 886 g/mol. The summed E-state index contributed by atoms with van der Waals surface area (Å²) in [5, 5.41) is 0. The molecule has 3 aromatic carbocycles. The molecule has 0 spiro atoms. The van der Waals surface area contributed by atoms with Gasteiger partial charge in [0.15, 0.2) is 18.4 Å². The molecule has 1 N–H and O–H groups in total. The van der Waals surface area contributed by atoms with Crippen molar-refractivity contribution in [2.45, 2.75) is 45.0 Å². The Balaban J connectivity index is 1.38. The summed E-state index contributed by atoms with van der Waals surface area (Å²) in [4.78, 5) is 103. The fourth-order valence-electron chi connectivity index (χ4n) is 5.23. The number of nitrogens with zero attached hydrogens (tertiary/aromatic N) is 1. The number of H-pyrrole nitrogens is 1. The number of ether oxygens (including phenoxy) is 3. The number of esters is 2. The van der Waals surface area contributed by atoms with Crippen molar-refractivity contribution in [3.8, 4) is 0 Å². The maximum atomic E-state index is 13.4. The third-order valence-electron chi connectivity index (χ3n) is 7.63. The highest BCUT2D eigenvalue weighted by Gasteiger charge is 2.51. The van der Waals surface area contributed by atoms with Crippen LogP contribution in [0.4, 0.5) is 0 Å². The second-order valence-corrected chi connectivity index (χ2v) is 18.2. The van der Waals surface area contributed by atoms with Crippen LogP contribution >= 0.6 is 31.3 Å². The molecule has 5 unspecified atom stereocenters. The average Bonchev–Trinajstić information content (AvgIpc) is 3.44. The van der Waals surface area contributed by atoms with Gasteiger partial charge < -0.3 is 42.8 Å². The SMILES string of the molecule is Cc1cccc(C(=O)OC2[C@@H](COP(=O)([O-])OP(=O)([O-])OP(=O)([O-])OP(=O)([O-])OCc3ccccc3)O[C@@H](n3ccc(=O)[nH]c3=O)[C@H]2OC(=O)c2cccc(C)c2)c1. The number of phosphoric ester groups is 2. The van der Waals surface area contributed by atoms with E-state index in [0.717, 1.165) is 12.3 Å². The van der Waals surface area contributed by atoms with Crippen LogP contribution in [0.1, 0.15) is 43.6 Å². The molecule has 5 rings (SSSR count). The van der Waals surface area contributed by atoms with Crippen LogP contribution in [0.5, 0.6) is 0 Å². The molecule has 0 amide bonds. The second kappa shape index (κ2) is 18.4. The maximum Gasteiger partial charge on any atom is 0.338 e. The van der Waals surface area contributed by atoms with Gasteiger partial charge in [-0.3, -0.25) is 32.6 Å². The lowest BCUT2D eigenvalue weighted by atomic mass is 10.1. The summed E-state index contributed by atoms with van der Waals surface area (Å²) < 4.78 is 87.2. The van der Waals surface area contributed by atoms with E-state index in [1.165, 1.54) is 60.7 Å². The van der Waals surface area contributed by atoms with E-state index in [-0.39, 0.29) is 16.7 Å². The van der Waals surface area contributed by atoms with E-state index < -0.39 is 92.2 Å². The van der Waals surface area contributed by atoms with E-state index in [1.54, 1.807) is 32.0 Å². The van der Waals surface area contributed by atoms with E-state index in [2.05, 4.69) is 22.0 Å². The zero-order valence-electron chi connectivity index (χ0n) is 29.8. The van der Waals surface area contributed by atoms with Crippen molar-refractivity contribution in [2.24, 2.45) is 0 Å². The normalized spacial score (nSPS) is 22.1.